The molecule has 2 N–H and O–H groups in total. The van der Waals surface area contributed by atoms with Crippen molar-refractivity contribution in [3.8, 4) is 17.1 Å². The van der Waals surface area contributed by atoms with Crippen LogP contribution in [0.3, 0.4) is 0 Å². The zero-order valence-electron chi connectivity index (χ0n) is 13.7. The van der Waals surface area contributed by atoms with Gasteiger partial charge in [-0.3, -0.25) is 4.79 Å². The Morgan fingerprint density at radius 3 is 2.52 bits per heavy atom. The molecule has 0 aliphatic heterocycles. The summed E-state index contributed by atoms with van der Waals surface area (Å²) >= 11 is 1.35. The number of aromatic nitrogens is 3. The Kier molecular flexibility index (Phi) is 5.35. The van der Waals surface area contributed by atoms with Crippen molar-refractivity contribution in [1.82, 2.24) is 14.8 Å². The Morgan fingerprint density at radius 2 is 1.84 bits per heavy atom. The Labute approximate surface area is 149 Å². The summed E-state index contributed by atoms with van der Waals surface area (Å²) in [4.78, 5) is 12.1. The zero-order chi connectivity index (χ0) is 17.6. The summed E-state index contributed by atoms with van der Waals surface area (Å²) in [6, 6.07) is 16.2. The van der Waals surface area contributed by atoms with E-state index in [2.05, 4.69) is 15.5 Å². The number of phenols is 1. The summed E-state index contributed by atoms with van der Waals surface area (Å²) in [5.41, 5.74) is 1.64. The van der Waals surface area contributed by atoms with Crippen molar-refractivity contribution in [2.24, 2.45) is 0 Å². The highest BCUT2D eigenvalue weighted by Gasteiger charge is 2.14. The number of rotatable bonds is 6. The molecule has 2 aromatic carbocycles. The first kappa shape index (κ1) is 17.0. The third-order valence-electron chi connectivity index (χ3n) is 3.55. The quantitative estimate of drug-likeness (QED) is 0.663. The highest BCUT2D eigenvalue weighted by molar-refractivity contribution is 7.99. The molecule has 1 amide bonds. The molecule has 0 aliphatic carbocycles. The molecule has 1 aromatic heterocycles. The number of nitrogens with one attached hydrogen (secondary N) is 1. The maximum absolute atomic E-state index is 12.1. The lowest BCUT2D eigenvalue weighted by Crippen LogP contribution is -2.14. The van der Waals surface area contributed by atoms with Gasteiger partial charge in [0.25, 0.3) is 0 Å². The van der Waals surface area contributed by atoms with Gasteiger partial charge in [-0.15, -0.1) is 10.2 Å². The molecular weight excluding hydrogens is 336 g/mol. The Bertz CT molecular complexity index is 847. The van der Waals surface area contributed by atoms with Crippen LogP contribution >= 0.6 is 11.8 Å². The number of anilines is 1. The predicted molar refractivity (Wildman–Crippen MR) is 98.6 cm³/mol. The van der Waals surface area contributed by atoms with Crippen molar-refractivity contribution in [3.05, 3.63) is 54.6 Å². The van der Waals surface area contributed by atoms with Crippen LogP contribution < -0.4 is 5.32 Å². The number of carbonyl (C=O) groups excluding carboxylic acids is 1. The molecule has 0 bridgehead atoms. The Hall–Kier alpha value is -2.80. The van der Waals surface area contributed by atoms with Gasteiger partial charge >= 0.3 is 0 Å². The molecule has 25 heavy (non-hydrogen) atoms. The Balaban J connectivity index is 1.69. The second-order valence-electron chi connectivity index (χ2n) is 5.30. The maximum Gasteiger partial charge on any atom is 0.234 e. The molecule has 0 saturated carbocycles. The molecular formula is C18H18N4O2S. The summed E-state index contributed by atoms with van der Waals surface area (Å²) in [6.45, 7) is 2.69. The number of amides is 1. The lowest BCUT2D eigenvalue weighted by molar-refractivity contribution is -0.113. The molecule has 0 unspecified atom stereocenters. The van der Waals surface area contributed by atoms with Gasteiger partial charge in [-0.1, -0.05) is 30.0 Å². The SMILES string of the molecule is CCn1c(SCC(=O)Nc2ccccc2)nnc1-c1ccc(O)cc1. The summed E-state index contributed by atoms with van der Waals surface area (Å²) < 4.78 is 1.95. The number of thioether (sulfide) groups is 1. The van der Waals surface area contributed by atoms with Crippen LogP contribution in [-0.4, -0.2) is 31.5 Å². The van der Waals surface area contributed by atoms with Crippen LogP contribution in [0.15, 0.2) is 59.8 Å². The fraction of sp³-hybridized carbons (Fsp3) is 0.167. The smallest absolute Gasteiger partial charge is 0.234 e. The van der Waals surface area contributed by atoms with Gasteiger partial charge in [0.05, 0.1) is 5.75 Å². The van der Waals surface area contributed by atoms with Crippen LogP contribution in [-0.2, 0) is 11.3 Å². The molecule has 0 atom stereocenters. The molecule has 0 spiro atoms. The van der Waals surface area contributed by atoms with Crippen molar-refractivity contribution in [3.63, 3.8) is 0 Å². The van der Waals surface area contributed by atoms with E-state index in [1.807, 2.05) is 41.8 Å². The van der Waals surface area contributed by atoms with Crippen molar-refractivity contribution >= 4 is 23.4 Å². The fourth-order valence-electron chi connectivity index (χ4n) is 2.35. The monoisotopic (exact) mass is 354 g/mol. The first-order valence-electron chi connectivity index (χ1n) is 7.87. The molecule has 0 fully saturated rings. The van der Waals surface area contributed by atoms with Gasteiger partial charge in [0.15, 0.2) is 11.0 Å². The van der Waals surface area contributed by atoms with E-state index in [9.17, 15) is 9.90 Å². The van der Waals surface area contributed by atoms with Crippen molar-refractivity contribution < 1.29 is 9.90 Å². The van der Waals surface area contributed by atoms with Gasteiger partial charge in [-0.25, -0.2) is 0 Å². The molecule has 128 valence electrons. The molecule has 1 heterocycles. The van der Waals surface area contributed by atoms with Crippen LogP contribution in [0, 0.1) is 0 Å². The van der Waals surface area contributed by atoms with Crippen LogP contribution in [0.4, 0.5) is 5.69 Å². The fourth-order valence-corrected chi connectivity index (χ4v) is 3.16. The number of phenolic OH excluding ortho intramolecular Hbond substituents is 1. The van der Waals surface area contributed by atoms with E-state index in [0.717, 1.165) is 11.3 Å². The molecule has 6 nitrogen and oxygen atoms in total. The lowest BCUT2D eigenvalue weighted by Gasteiger charge is -2.08. The number of hydrogen-bond donors (Lipinski definition) is 2. The van der Waals surface area contributed by atoms with E-state index in [4.69, 9.17) is 0 Å². The number of nitrogens with zero attached hydrogens (tertiary/aromatic N) is 3. The van der Waals surface area contributed by atoms with Gasteiger partial charge in [-0.2, -0.15) is 0 Å². The number of carbonyl (C=O) groups is 1. The standard InChI is InChI=1S/C18H18N4O2S/c1-2-22-17(13-8-10-15(23)11-9-13)20-21-18(22)25-12-16(24)19-14-6-4-3-5-7-14/h3-11,23H,2,12H2,1H3,(H,19,24). The molecule has 3 aromatic rings. The van der Waals surface area contributed by atoms with Crippen LogP contribution in [0.2, 0.25) is 0 Å². The normalized spacial score (nSPS) is 10.6. The first-order valence-corrected chi connectivity index (χ1v) is 8.86. The van der Waals surface area contributed by atoms with Crippen molar-refractivity contribution in [2.45, 2.75) is 18.6 Å². The molecule has 3 rings (SSSR count). The number of para-hydroxylation sites is 1. The summed E-state index contributed by atoms with van der Waals surface area (Å²) in [5.74, 6) is 1.09. The summed E-state index contributed by atoms with van der Waals surface area (Å²) in [7, 11) is 0. The van der Waals surface area contributed by atoms with Crippen molar-refractivity contribution in [1.29, 1.82) is 0 Å². The van der Waals surface area contributed by atoms with Gasteiger partial charge in [-0.05, 0) is 43.3 Å². The Morgan fingerprint density at radius 1 is 1.12 bits per heavy atom. The van der Waals surface area contributed by atoms with Crippen LogP contribution in [0.5, 0.6) is 5.75 Å². The van der Waals surface area contributed by atoms with Gasteiger partial charge in [0.1, 0.15) is 5.75 Å². The van der Waals surface area contributed by atoms with Crippen LogP contribution in [0.1, 0.15) is 6.92 Å². The topological polar surface area (TPSA) is 80.0 Å². The number of benzene rings is 2. The summed E-state index contributed by atoms with van der Waals surface area (Å²) in [5, 5.41) is 21.4. The molecule has 0 radical (unpaired) electrons. The minimum Gasteiger partial charge on any atom is -0.508 e. The van der Waals surface area contributed by atoms with Gasteiger partial charge < -0.3 is 15.0 Å². The lowest BCUT2D eigenvalue weighted by atomic mass is 10.2. The van der Waals surface area contributed by atoms with E-state index >= 15 is 0 Å². The number of hydrogen-bond acceptors (Lipinski definition) is 5. The predicted octanol–water partition coefficient (Wildman–Crippen LogP) is 3.40. The highest BCUT2D eigenvalue weighted by Crippen LogP contribution is 2.25. The minimum absolute atomic E-state index is 0.0898. The average molecular weight is 354 g/mol. The van der Waals surface area contributed by atoms with Crippen LogP contribution in [0.25, 0.3) is 11.4 Å². The van der Waals surface area contributed by atoms with E-state index < -0.39 is 0 Å². The summed E-state index contributed by atoms with van der Waals surface area (Å²) in [6.07, 6.45) is 0. The molecule has 7 heteroatoms. The van der Waals surface area contributed by atoms with Gasteiger partial charge in [0, 0.05) is 17.8 Å². The van der Waals surface area contributed by atoms with E-state index in [1.54, 1.807) is 24.3 Å². The zero-order valence-corrected chi connectivity index (χ0v) is 14.5. The largest absolute Gasteiger partial charge is 0.508 e. The average Bonchev–Trinajstić information content (AvgIpc) is 3.04. The highest BCUT2D eigenvalue weighted by atomic mass is 32.2. The molecule has 0 saturated heterocycles. The van der Waals surface area contributed by atoms with Crippen molar-refractivity contribution in [2.75, 3.05) is 11.1 Å². The third kappa shape index (κ3) is 4.19. The third-order valence-corrected chi connectivity index (χ3v) is 4.52. The number of aromatic hydroxyl groups is 1. The second-order valence-corrected chi connectivity index (χ2v) is 6.24. The van der Waals surface area contributed by atoms with E-state index in [1.165, 1.54) is 11.8 Å². The van der Waals surface area contributed by atoms with E-state index in [-0.39, 0.29) is 17.4 Å². The van der Waals surface area contributed by atoms with E-state index in [0.29, 0.717) is 17.5 Å². The second kappa shape index (κ2) is 7.85. The maximum atomic E-state index is 12.1. The first-order chi connectivity index (χ1) is 12.2. The molecule has 0 aliphatic rings. The minimum atomic E-state index is -0.0898. The van der Waals surface area contributed by atoms with Gasteiger partial charge in [0.2, 0.25) is 5.91 Å².